The summed E-state index contributed by atoms with van der Waals surface area (Å²) in [7, 11) is 0. The van der Waals surface area contributed by atoms with E-state index in [0.717, 1.165) is 28.0 Å². The topological polar surface area (TPSA) is 72.8 Å². The maximum absolute atomic E-state index is 13.2. The van der Waals surface area contributed by atoms with Crippen LogP contribution < -0.4 is 0 Å². The predicted molar refractivity (Wildman–Crippen MR) is 119 cm³/mol. The van der Waals surface area contributed by atoms with Gasteiger partial charge in [-0.2, -0.15) is 0 Å². The van der Waals surface area contributed by atoms with E-state index in [-0.39, 0.29) is 11.9 Å². The van der Waals surface area contributed by atoms with Crippen LogP contribution in [0.15, 0.2) is 78.9 Å². The Morgan fingerprint density at radius 3 is 2.43 bits per heavy atom. The molecule has 4 aromatic rings. The molecule has 0 saturated carbocycles. The van der Waals surface area contributed by atoms with Crippen LogP contribution in [0.4, 0.5) is 0 Å². The first-order valence-corrected chi connectivity index (χ1v) is 10.1. The average Bonchev–Trinajstić information content (AvgIpc) is 3.36. The van der Waals surface area contributed by atoms with Gasteiger partial charge in [0, 0.05) is 30.2 Å². The monoisotopic (exact) mass is 394 g/mol. The van der Waals surface area contributed by atoms with Crippen LogP contribution in [0.3, 0.4) is 0 Å². The van der Waals surface area contributed by atoms with Gasteiger partial charge in [-0.15, -0.1) is 0 Å². The molecule has 1 unspecified atom stereocenters. The molecule has 1 fully saturated rings. The van der Waals surface area contributed by atoms with E-state index in [4.69, 9.17) is 5.41 Å². The number of hydrogen-bond acceptors (Lipinski definition) is 3. The van der Waals surface area contributed by atoms with E-state index in [0.29, 0.717) is 30.7 Å². The molecule has 1 saturated heterocycles. The van der Waals surface area contributed by atoms with E-state index in [2.05, 4.69) is 22.1 Å². The van der Waals surface area contributed by atoms with Gasteiger partial charge in [-0.05, 0) is 35.4 Å². The molecule has 1 aliphatic heterocycles. The molecule has 5 nitrogen and oxygen atoms in total. The van der Waals surface area contributed by atoms with E-state index in [9.17, 15) is 4.79 Å². The summed E-state index contributed by atoms with van der Waals surface area (Å²) in [5, 5.41) is 8.16. The van der Waals surface area contributed by atoms with Gasteiger partial charge in [-0.3, -0.25) is 4.79 Å². The number of rotatable bonds is 4. The highest BCUT2D eigenvalue weighted by molar-refractivity contribution is 6.00. The van der Waals surface area contributed by atoms with Crippen molar-refractivity contribution in [2.75, 3.05) is 6.54 Å². The first-order valence-electron chi connectivity index (χ1n) is 10.1. The van der Waals surface area contributed by atoms with Crippen LogP contribution in [0, 0.1) is 5.41 Å². The van der Waals surface area contributed by atoms with Gasteiger partial charge in [0.1, 0.15) is 5.82 Å². The average molecular weight is 394 g/mol. The second-order valence-corrected chi connectivity index (χ2v) is 7.74. The summed E-state index contributed by atoms with van der Waals surface area (Å²) in [6, 6.07) is 25.7. The van der Waals surface area contributed by atoms with Crippen LogP contribution in [0.2, 0.25) is 0 Å². The number of para-hydroxylation sites is 2. The number of imidazole rings is 1. The van der Waals surface area contributed by atoms with Gasteiger partial charge < -0.3 is 15.3 Å². The number of nitrogens with zero attached hydrogens (tertiary/aromatic N) is 2. The second kappa shape index (κ2) is 7.59. The molecule has 0 bridgehead atoms. The van der Waals surface area contributed by atoms with Gasteiger partial charge >= 0.3 is 0 Å². The molecule has 0 spiro atoms. The quantitative estimate of drug-likeness (QED) is 0.526. The second-order valence-electron chi connectivity index (χ2n) is 7.74. The predicted octanol–water partition coefficient (Wildman–Crippen LogP) is 4.71. The molecule has 0 aliphatic carbocycles. The third-order valence-electron chi connectivity index (χ3n) is 5.65. The van der Waals surface area contributed by atoms with Crippen molar-refractivity contribution in [3.05, 3.63) is 90.3 Å². The number of likely N-dealkylation sites (tertiary alicyclic amines) is 1. The maximum Gasteiger partial charge on any atom is 0.254 e. The van der Waals surface area contributed by atoms with Crippen LogP contribution >= 0.6 is 0 Å². The molecule has 5 rings (SSSR count). The fraction of sp³-hybridized carbons (Fsp3) is 0.160. The number of amides is 1. The van der Waals surface area contributed by atoms with Gasteiger partial charge in [-0.1, -0.05) is 54.6 Å². The summed E-state index contributed by atoms with van der Waals surface area (Å²) in [4.78, 5) is 23.0. The summed E-state index contributed by atoms with van der Waals surface area (Å²) in [5.41, 5.74) is 5.37. The number of carbonyl (C=O) groups is 1. The molecule has 2 heterocycles. The van der Waals surface area contributed by atoms with Crippen molar-refractivity contribution in [2.24, 2.45) is 0 Å². The largest absolute Gasteiger partial charge is 0.342 e. The highest BCUT2D eigenvalue weighted by atomic mass is 16.2. The molecule has 1 aliphatic rings. The normalized spacial score (nSPS) is 16.3. The van der Waals surface area contributed by atoms with Crippen molar-refractivity contribution in [3.63, 3.8) is 0 Å². The Hall–Kier alpha value is -3.73. The van der Waals surface area contributed by atoms with Crippen molar-refractivity contribution in [1.82, 2.24) is 14.9 Å². The minimum absolute atomic E-state index is 0.0297. The standard InChI is InChI=1S/C25H22N4O/c26-20-14-21(15-24-27-22-8-4-5-9-23(22)28-24)29(16-20)25(30)19-12-10-18(11-13-19)17-6-2-1-3-7-17/h1-13,21,26H,14-16H2,(H,27,28). The number of H-pyrrole nitrogens is 1. The van der Waals surface area contributed by atoms with Crippen LogP contribution in [0.25, 0.3) is 22.2 Å². The fourth-order valence-electron chi connectivity index (χ4n) is 4.14. The maximum atomic E-state index is 13.2. The highest BCUT2D eigenvalue weighted by Gasteiger charge is 2.33. The Kier molecular flexibility index (Phi) is 4.64. The Balaban J connectivity index is 1.36. The summed E-state index contributed by atoms with van der Waals surface area (Å²) in [6.45, 7) is 0.379. The SMILES string of the molecule is N=C1CC(Cc2nc3ccccc3[nH]2)N(C(=O)c2ccc(-c3ccccc3)cc2)C1. The number of fused-ring (bicyclic) bond motifs is 1. The zero-order chi connectivity index (χ0) is 20.5. The molecule has 5 heteroatoms. The summed E-state index contributed by atoms with van der Waals surface area (Å²) >= 11 is 0. The lowest BCUT2D eigenvalue weighted by Crippen LogP contribution is -2.37. The molecule has 148 valence electrons. The Labute approximate surface area is 174 Å². The molecule has 3 aromatic carbocycles. The number of carbonyl (C=O) groups excluding carboxylic acids is 1. The number of hydrogen-bond donors (Lipinski definition) is 2. The molecule has 2 N–H and O–H groups in total. The third kappa shape index (κ3) is 3.50. The minimum atomic E-state index is -0.0561. The molecule has 1 atom stereocenters. The summed E-state index contributed by atoms with van der Waals surface area (Å²) < 4.78 is 0. The van der Waals surface area contributed by atoms with Gasteiger partial charge in [0.25, 0.3) is 5.91 Å². The lowest BCUT2D eigenvalue weighted by Gasteiger charge is -2.23. The highest BCUT2D eigenvalue weighted by Crippen LogP contribution is 2.24. The molecule has 1 amide bonds. The Morgan fingerprint density at radius 1 is 0.967 bits per heavy atom. The van der Waals surface area contributed by atoms with Crippen LogP contribution in [-0.2, 0) is 6.42 Å². The van der Waals surface area contributed by atoms with Crippen molar-refractivity contribution in [2.45, 2.75) is 18.9 Å². The molecule has 0 radical (unpaired) electrons. The molecule has 1 aromatic heterocycles. The fourth-order valence-corrected chi connectivity index (χ4v) is 4.14. The van der Waals surface area contributed by atoms with E-state index in [1.165, 1.54) is 0 Å². The van der Waals surface area contributed by atoms with E-state index < -0.39 is 0 Å². The van der Waals surface area contributed by atoms with Crippen LogP contribution in [0.1, 0.15) is 22.6 Å². The van der Waals surface area contributed by atoms with Crippen LogP contribution in [0.5, 0.6) is 0 Å². The van der Waals surface area contributed by atoms with Crippen molar-refractivity contribution < 1.29 is 4.79 Å². The smallest absolute Gasteiger partial charge is 0.254 e. The zero-order valence-corrected chi connectivity index (χ0v) is 16.5. The van der Waals surface area contributed by atoms with E-state index in [1.807, 2.05) is 71.6 Å². The first kappa shape index (κ1) is 18.3. The van der Waals surface area contributed by atoms with Gasteiger partial charge in [-0.25, -0.2) is 4.98 Å². The zero-order valence-electron chi connectivity index (χ0n) is 16.5. The minimum Gasteiger partial charge on any atom is -0.342 e. The molecular formula is C25H22N4O. The molecule has 30 heavy (non-hydrogen) atoms. The van der Waals surface area contributed by atoms with Crippen molar-refractivity contribution in [3.8, 4) is 11.1 Å². The number of nitrogens with one attached hydrogen (secondary N) is 2. The van der Waals surface area contributed by atoms with Gasteiger partial charge in [0.15, 0.2) is 0 Å². The summed E-state index contributed by atoms with van der Waals surface area (Å²) in [5.74, 6) is 0.825. The Bertz CT molecular complexity index is 1180. The molecular weight excluding hydrogens is 372 g/mol. The van der Waals surface area contributed by atoms with Crippen molar-refractivity contribution >= 4 is 22.7 Å². The first-order chi connectivity index (χ1) is 14.7. The van der Waals surface area contributed by atoms with Gasteiger partial charge in [0.2, 0.25) is 0 Å². The van der Waals surface area contributed by atoms with E-state index >= 15 is 0 Å². The lowest BCUT2D eigenvalue weighted by molar-refractivity contribution is 0.0739. The van der Waals surface area contributed by atoms with E-state index in [1.54, 1.807) is 0 Å². The number of aromatic amines is 1. The van der Waals surface area contributed by atoms with Crippen molar-refractivity contribution in [1.29, 1.82) is 5.41 Å². The van der Waals surface area contributed by atoms with Crippen LogP contribution in [-0.4, -0.2) is 39.1 Å². The Morgan fingerprint density at radius 2 is 1.67 bits per heavy atom. The number of aromatic nitrogens is 2. The number of benzene rings is 3. The summed E-state index contributed by atoms with van der Waals surface area (Å²) in [6.07, 6.45) is 1.20. The third-order valence-corrected chi connectivity index (χ3v) is 5.65. The lowest BCUT2D eigenvalue weighted by atomic mass is 10.0. The van der Waals surface area contributed by atoms with Gasteiger partial charge in [0.05, 0.1) is 17.6 Å².